The van der Waals surface area contributed by atoms with Crippen molar-refractivity contribution in [2.75, 3.05) is 0 Å². The van der Waals surface area contributed by atoms with Gasteiger partial charge in [0.1, 0.15) is 11.5 Å². The molecule has 0 amide bonds. The van der Waals surface area contributed by atoms with Gasteiger partial charge >= 0.3 is 5.97 Å². The lowest BCUT2D eigenvalue weighted by Gasteiger charge is -2.21. The number of hydrogen-bond acceptors (Lipinski definition) is 5. The van der Waals surface area contributed by atoms with Gasteiger partial charge in [0.05, 0.1) is 17.8 Å². The van der Waals surface area contributed by atoms with Crippen LogP contribution in [0.4, 0.5) is 0 Å². The van der Waals surface area contributed by atoms with Gasteiger partial charge in [-0.05, 0) is 49.2 Å². The summed E-state index contributed by atoms with van der Waals surface area (Å²) in [5.74, 6) is 0.782. The highest BCUT2D eigenvalue weighted by Gasteiger charge is 2.18. The Kier molecular flexibility index (Phi) is 15.0. The van der Waals surface area contributed by atoms with Crippen molar-refractivity contribution in [3.8, 4) is 11.5 Å². The zero-order chi connectivity index (χ0) is 25.2. The molecule has 184 valence electrons. The molecule has 34 heavy (non-hydrogen) atoms. The van der Waals surface area contributed by atoms with Crippen LogP contribution in [0.15, 0.2) is 91.0 Å². The quantitative estimate of drug-likeness (QED) is 0.312. The van der Waals surface area contributed by atoms with Crippen LogP contribution in [0.1, 0.15) is 44.0 Å². The molecule has 0 radical (unpaired) electrons. The maximum atomic E-state index is 10.2. The van der Waals surface area contributed by atoms with Crippen molar-refractivity contribution in [2.45, 2.75) is 45.8 Å². The van der Waals surface area contributed by atoms with Crippen LogP contribution in [0, 0.1) is 5.92 Å². The Balaban J connectivity index is 0.000000268. The summed E-state index contributed by atoms with van der Waals surface area (Å²) < 4.78 is 10.8. The minimum absolute atomic E-state index is 0.00926. The van der Waals surface area contributed by atoms with Gasteiger partial charge in [-0.3, -0.25) is 0 Å². The van der Waals surface area contributed by atoms with E-state index in [1.807, 2.05) is 81.4 Å². The summed E-state index contributed by atoms with van der Waals surface area (Å²) in [6, 6.07) is 27.5. The topological polar surface area (TPSA) is 96.2 Å². The number of carboxylic acids is 1. The number of carbonyl (C=O) groups is 1. The molecule has 2 unspecified atom stereocenters. The van der Waals surface area contributed by atoms with E-state index in [0.29, 0.717) is 5.56 Å². The lowest BCUT2D eigenvalue weighted by atomic mass is 9.95. The van der Waals surface area contributed by atoms with Crippen molar-refractivity contribution < 1.29 is 29.2 Å². The van der Waals surface area contributed by atoms with E-state index in [4.69, 9.17) is 14.2 Å². The summed E-state index contributed by atoms with van der Waals surface area (Å²) in [4.78, 5) is 10.2. The lowest BCUT2D eigenvalue weighted by molar-refractivity contribution is 0.0186. The van der Waals surface area contributed by atoms with Crippen molar-refractivity contribution in [1.29, 1.82) is 0 Å². The van der Waals surface area contributed by atoms with Gasteiger partial charge in [-0.1, -0.05) is 75.4 Å². The van der Waals surface area contributed by atoms with E-state index in [-0.39, 0.29) is 27.2 Å². The highest BCUT2D eigenvalue weighted by molar-refractivity contribution is 7.27. The number of aliphatic hydroxyl groups excluding tert-OH is 2. The molecule has 0 saturated heterocycles. The van der Waals surface area contributed by atoms with Gasteiger partial charge in [-0.2, -0.15) is 0 Å². The fourth-order valence-corrected chi connectivity index (χ4v) is 3.18. The molecule has 3 N–H and O–H groups in total. The van der Waals surface area contributed by atoms with E-state index in [9.17, 15) is 15.0 Å². The summed E-state index contributed by atoms with van der Waals surface area (Å²) in [7, 11) is -0.0129. The summed E-state index contributed by atoms with van der Waals surface area (Å²) in [5.41, 5.74) is 0.331. The molecule has 0 spiro atoms. The molecule has 0 heterocycles. The molecular formula is C27H35O6P. The monoisotopic (exact) mass is 486 g/mol. The average molecular weight is 487 g/mol. The molecule has 0 aromatic heterocycles. The zero-order valence-corrected chi connectivity index (χ0v) is 20.9. The first kappa shape index (κ1) is 29.1. The van der Waals surface area contributed by atoms with Crippen molar-refractivity contribution in [3.63, 3.8) is 0 Å². The van der Waals surface area contributed by atoms with Crippen LogP contribution in [0.2, 0.25) is 0 Å². The first-order chi connectivity index (χ1) is 16.4. The Morgan fingerprint density at radius 3 is 1.38 bits per heavy atom. The maximum Gasteiger partial charge on any atom is 0.335 e. The van der Waals surface area contributed by atoms with Gasteiger partial charge in [0.15, 0.2) is 0 Å². The third kappa shape index (κ3) is 12.4. The minimum Gasteiger partial charge on any atom is -0.478 e. The van der Waals surface area contributed by atoms with E-state index in [1.54, 1.807) is 30.3 Å². The summed E-state index contributed by atoms with van der Waals surface area (Å²) in [6.07, 6.45) is 0.737. The lowest BCUT2D eigenvalue weighted by Crippen LogP contribution is -2.28. The standard InChI is InChI=1S/C12H11O2P.C8H18O2.C7H6O2/c1-3-7-11(8-4-1)13-15-14-12-9-5-2-6-10-12;1-4-7(9)6(3)8(10)5-2;8-7(9)6-4-2-1-3-5-6/h1-10,15H;6-10H,4-5H2,1-3H3;1-5H,(H,8,9). The van der Waals surface area contributed by atoms with Gasteiger partial charge in [0, 0.05) is 5.92 Å². The number of carboxylic acid groups (broad SMARTS) is 1. The third-order valence-corrected chi connectivity index (χ3v) is 5.51. The second kappa shape index (κ2) is 17.5. The Hall–Kier alpha value is -2.92. The van der Waals surface area contributed by atoms with Crippen molar-refractivity contribution in [1.82, 2.24) is 0 Å². The summed E-state index contributed by atoms with van der Waals surface area (Å²) >= 11 is 0. The summed E-state index contributed by atoms with van der Waals surface area (Å²) in [6.45, 7) is 5.72. The maximum absolute atomic E-state index is 10.2. The Bertz CT molecular complexity index is 843. The molecular weight excluding hydrogens is 451 g/mol. The fraction of sp³-hybridized carbons (Fsp3) is 0.296. The van der Waals surface area contributed by atoms with Crippen LogP contribution in [-0.2, 0) is 0 Å². The molecule has 0 aliphatic heterocycles. The van der Waals surface area contributed by atoms with E-state index in [0.717, 1.165) is 24.3 Å². The van der Waals surface area contributed by atoms with Crippen LogP contribution >= 0.6 is 9.03 Å². The predicted octanol–water partition coefficient (Wildman–Crippen LogP) is 6.20. The number of rotatable bonds is 9. The SMILES string of the molecule is CCC(O)C(C)C(O)CC.O=C(O)c1ccccc1.c1ccc(OPOc2ccccc2)cc1. The van der Waals surface area contributed by atoms with Crippen LogP contribution in [0.3, 0.4) is 0 Å². The molecule has 3 rings (SSSR count). The molecule has 0 aliphatic carbocycles. The van der Waals surface area contributed by atoms with E-state index < -0.39 is 5.97 Å². The van der Waals surface area contributed by atoms with E-state index in [1.165, 1.54) is 0 Å². The molecule has 2 atom stereocenters. The van der Waals surface area contributed by atoms with Crippen molar-refractivity contribution in [3.05, 3.63) is 96.6 Å². The minimum atomic E-state index is -0.879. The molecule has 3 aromatic carbocycles. The molecule has 0 bridgehead atoms. The van der Waals surface area contributed by atoms with Crippen molar-refractivity contribution in [2.24, 2.45) is 5.92 Å². The van der Waals surface area contributed by atoms with Crippen LogP contribution in [-0.4, -0.2) is 33.5 Å². The number of para-hydroxylation sites is 2. The van der Waals surface area contributed by atoms with Gasteiger partial charge in [-0.25, -0.2) is 4.79 Å². The Morgan fingerprint density at radius 1 is 0.735 bits per heavy atom. The van der Waals surface area contributed by atoms with Gasteiger partial charge in [0.2, 0.25) is 0 Å². The van der Waals surface area contributed by atoms with Crippen molar-refractivity contribution >= 4 is 15.0 Å². The van der Waals surface area contributed by atoms with Crippen LogP contribution in [0.5, 0.6) is 11.5 Å². The van der Waals surface area contributed by atoms with Crippen LogP contribution in [0.25, 0.3) is 0 Å². The van der Waals surface area contributed by atoms with Gasteiger partial charge in [-0.15, -0.1) is 0 Å². The molecule has 3 aromatic rings. The van der Waals surface area contributed by atoms with Gasteiger partial charge < -0.3 is 24.4 Å². The Labute approximate surface area is 204 Å². The summed E-state index contributed by atoms with van der Waals surface area (Å²) in [5, 5.41) is 26.9. The number of benzene rings is 3. The first-order valence-corrected chi connectivity index (χ1v) is 12.0. The average Bonchev–Trinajstić information content (AvgIpc) is 2.89. The second-order valence-corrected chi connectivity index (χ2v) is 7.97. The van der Waals surface area contributed by atoms with E-state index in [2.05, 4.69) is 0 Å². The number of aliphatic hydroxyl groups is 2. The zero-order valence-electron chi connectivity index (χ0n) is 19.9. The van der Waals surface area contributed by atoms with E-state index >= 15 is 0 Å². The second-order valence-electron chi connectivity index (χ2n) is 7.40. The molecule has 0 fully saturated rings. The predicted molar refractivity (Wildman–Crippen MR) is 138 cm³/mol. The van der Waals surface area contributed by atoms with Gasteiger partial charge in [0.25, 0.3) is 9.03 Å². The number of hydrogen-bond donors (Lipinski definition) is 3. The molecule has 7 heteroatoms. The highest BCUT2D eigenvalue weighted by Crippen LogP contribution is 2.24. The highest BCUT2D eigenvalue weighted by atomic mass is 31.1. The van der Waals surface area contributed by atoms with Crippen LogP contribution < -0.4 is 9.05 Å². The number of aromatic carboxylic acids is 1. The first-order valence-electron chi connectivity index (χ1n) is 11.2. The Morgan fingerprint density at radius 2 is 1.09 bits per heavy atom. The largest absolute Gasteiger partial charge is 0.478 e. The molecule has 0 saturated carbocycles. The fourth-order valence-electron chi connectivity index (χ4n) is 2.67. The molecule has 6 nitrogen and oxygen atoms in total. The molecule has 0 aliphatic rings. The smallest absolute Gasteiger partial charge is 0.335 e. The normalized spacial score (nSPS) is 12.5. The third-order valence-electron chi connectivity index (χ3n) is 4.88.